The lowest BCUT2D eigenvalue weighted by Crippen LogP contribution is -2.59. The highest BCUT2D eigenvalue weighted by Crippen LogP contribution is 2.44. The number of carbonyl (C=O) groups is 3. The molecule has 1 saturated carbocycles. The zero-order chi connectivity index (χ0) is 24.6. The van der Waals surface area contributed by atoms with Gasteiger partial charge in [0.1, 0.15) is 18.2 Å². The first-order valence-corrected chi connectivity index (χ1v) is 12.6. The van der Waals surface area contributed by atoms with E-state index < -0.39 is 23.6 Å². The minimum atomic E-state index is -1.18. The van der Waals surface area contributed by atoms with Gasteiger partial charge in [0.15, 0.2) is 0 Å². The predicted molar refractivity (Wildman–Crippen MR) is 131 cm³/mol. The summed E-state index contributed by atoms with van der Waals surface area (Å²) >= 11 is 0. The summed E-state index contributed by atoms with van der Waals surface area (Å²) in [6.07, 6.45) is 3.22. The molecule has 2 unspecified atom stereocenters. The van der Waals surface area contributed by atoms with Gasteiger partial charge in [-0.1, -0.05) is 61.9 Å². The van der Waals surface area contributed by atoms with Crippen LogP contribution in [0.3, 0.4) is 0 Å². The van der Waals surface area contributed by atoms with Crippen LogP contribution in [0.4, 0.5) is 4.79 Å². The van der Waals surface area contributed by atoms with Gasteiger partial charge in [0.05, 0.1) is 0 Å². The molecular weight excluding hydrogens is 444 g/mol. The summed E-state index contributed by atoms with van der Waals surface area (Å²) < 4.78 is 5.67. The minimum Gasteiger partial charge on any atom is -0.479 e. The van der Waals surface area contributed by atoms with Crippen LogP contribution in [-0.2, 0) is 14.3 Å². The summed E-state index contributed by atoms with van der Waals surface area (Å²) in [6, 6.07) is 15.5. The molecule has 2 N–H and O–H groups in total. The van der Waals surface area contributed by atoms with Crippen LogP contribution in [0.15, 0.2) is 48.5 Å². The lowest BCUT2D eigenvalue weighted by Gasteiger charge is -2.37. The van der Waals surface area contributed by atoms with E-state index in [0.717, 1.165) is 35.1 Å². The number of rotatable bonds is 8. The second-order valence-electron chi connectivity index (χ2n) is 9.97. The molecular formula is C28H32N2O5. The number of alkyl carbamates (subject to hydrolysis) is 1. The van der Waals surface area contributed by atoms with Gasteiger partial charge >= 0.3 is 12.1 Å². The second-order valence-corrected chi connectivity index (χ2v) is 9.97. The number of amides is 2. The van der Waals surface area contributed by atoms with Crippen LogP contribution in [0.1, 0.15) is 62.5 Å². The second kappa shape index (κ2) is 9.36. The third kappa shape index (κ3) is 4.17. The van der Waals surface area contributed by atoms with E-state index in [2.05, 4.69) is 29.6 Å². The number of carboxylic acid groups (broad SMARTS) is 1. The molecule has 1 aliphatic heterocycles. The highest BCUT2D eigenvalue weighted by molar-refractivity contribution is 5.92. The van der Waals surface area contributed by atoms with Crippen LogP contribution in [0.5, 0.6) is 0 Å². The first-order chi connectivity index (χ1) is 17.0. The first-order valence-electron chi connectivity index (χ1n) is 12.6. The quantitative estimate of drug-likeness (QED) is 0.583. The molecule has 2 fully saturated rings. The smallest absolute Gasteiger partial charge is 0.407 e. The molecule has 35 heavy (non-hydrogen) atoms. The van der Waals surface area contributed by atoms with E-state index in [4.69, 9.17) is 4.74 Å². The van der Waals surface area contributed by atoms with Crippen molar-refractivity contribution in [2.45, 2.75) is 62.9 Å². The molecule has 2 aromatic rings. The maximum Gasteiger partial charge on any atom is 0.407 e. The summed E-state index contributed by atoms with van der Waals surface area (Å²) in [4.78, 5) is 40.1. The van der Waals surface area contributed by atoms with Gasteiger partial charge < -0.3 is 20.1 Å². The number of nitrogens with one attached hydrogen (secondary N) is 1. The molecule has 7 heteroatoms. The van der Waals surface area contributed by atoms with Gasteiger partial charge in [-0.15, -0.1) is 0 Å². The van der Waals surface area contributed by atoms with Gasteiger partial charge in [-0.2, -0.15) is 0 Å². The Balaban J connectivity index is 1.29. The SMILES string of the molecule is CCCC1(C(=O)O)CCCN1C(=O)C(NC(=O)OCC1c2ccccc2-c2ccccc21)C1CC1. The molecule has 0 spiro atoms. The zero-order valence-electron chi connectivity index (χ0n) is 20.0. The van der Waals surface area contributed by atoms with Crippen LogP contribution in [-0.4, -0.2) is 52.7 Å². The fraction of sp³-hybridized carbons (Fsp3) is 0.464. The summed E-state index contributed by atoms with van der Waals surface area (Å²) in [5.74, 6) is -1.29. The number of carboxylic acids is 1. The van der Waals surface area contributed by atoms with E-state index in [0.29, 0.717) is 32.2 Å². The third-order valence-corrected chi connectivity index (χ3v) is 7.79. The molecule has 2 aromatic carbocycles. The predicted octanol–water partition coefficient (Wildman–Crippen LogP) is 4.55. The summed E-state index contributed by atoms with van der Waals surface area (Å²) in [7, 11) is 0. The number of benzene rings is 2. The molecule has 0 bridgehead atoms. The number of hydrogen-bond donors (Lipinski definition) is 2. The fourth-order valence-corrected chi connectivity index (χ4v) is 5.95. The van der Waals surface area contributed by atoms with Gasteiger partial charge in [-0.3, -0.25) is 4.79 Å². The molecule has 2 atom stereocenters. The zero-order valence-corrected chi connectivity index (χ0v) is 20.0. The van der Waals surface area contributed by atoms with E-state index in [1.807, 2.05) is 31.2 Å². The van der Waals surface area contributed by atoms with Crippen LogP contribution >= 0.6 is 0 Å². The van der Waals surface area contributed by atoms with Crippen LogP contribution < -0.4 is 5.32 Å². The van der Waals surface area contributed by atoms with Crippen molar-refractivity contribution >= 4 is 18.0 Å². The largest absolute Gasteiger partial charge is 0.479 e. The summed E-state index contributed by atoms with van der Waals surface area (Å²) in [5.41, 5.74) is 3.37. The van der Waals surface area contributed by atoms with E-state index >= 15 is 0 Å². The lowest BCUT2D eigenvalue weighted by molar-refractivity contribution is -0.158. The van der Waals surface area contributed by atoms with Crippen molar-refractivity contribution in [3.63, 3.8) is 0 Å². The molecule has 3 aliphatic rings. The van der Waals surface area contributed by atoms with E-state index in [9.17, 15) is 19.5 Å². The molecule has 0 aromatic heterocycles. The van der Waals surface area contributed by atoms with Gasteiger partial charge in [0.2, 0.25) is 5.91 Å². The molecule has 7 nitrogen and oxygen atoms in total. The average molecular weight is 477 g/mol. The number of fused-ring (bicyclic) bond motifs is 3. The standard InChI is InChI=1S/C28H32N2O5/c1-2-14-28(26(32)33)15-7-16-30(28)25(31)24(18-12-13-18)29-27(34)35-17-23-21-10-5-3-8-19(21)20-9-4-6-11-22(20)23/h3-6,8-11,18,23-24H,2,7,12-17H2,1H3,(H,29,34)(H,32,33). The van der Waals surface area contributed by atoms with Gasteiger partial charge in [0.25, 0.3) is 0 Å². The number of aliphatic carboxylic acids is 1. The number of carbonyl (C=O) groups excluding carboxylic acids is 2. The first kappa shape index (κ1) is 23.4. The lowest BCUT2D eigenvalue weighted by atomic mass is 9.90. The fourth-order valence-electron chi connectivity index (χ4n) is 5.95. The van der Waals surface area contributed by atoms with Crippen molar-refractivity contribution in [3.8, 4) is 11.1 Å². The Labute approximate surface area is 205 Å². The Hall–Kier alpha value is -3.35. The minimum absolute atomic E-state index is 0.0247. The van der Waals surface area contributed by atoms with Crippen molar-refractivity contribution in [2.24, 2.45) is 5.92 Å². The Morgan fingerprint density at radius 2 is 1.71 bits per heavy atom. The number of nitrogens with zero attached hydrogens (tertiary/aromatic N) is 1. The Morgan fingerprint density at radius 1 is 1.09 bits per heavy atom. The third-order valence-electron chi connectivity index (χ3n) is 7.79. The van der Waals surface area contributed by atoms with Gasteiger partial charge in [-0.25, -0.2) is 9.59 Å². The van der Waals surface area contributed by atoms with Crippen molar-refractivity contribution in [2.75, 3.05) is 13.2 Å². The molecule has 1 saturated heterocycles. The maximum atomic E-state index is 13.5. The topological polar surface area (TPSA) is 95.9 Å². The molecule has 0 radical (unpaired) electrons. The number of hydrogen-bond acceptors (Lipinski definition) is 4. The highest BCUT2D eigenvalue weighted by Gasteiger charge is 2.52. The summed E-state index contributed by atoms with van der Waals surface area (Å²) in [6.45, 7) is 2.50. The van der Waals surface area contributed by atoms with Crippen molar-refractivity contribution in [3.05, 3.63) is 59.7 Å². The molecule has 5 rings (SSSR count). The summed E-state index contributed by atoms with van der Waals surface area (Å²) in [5, 5.41) is 12.8. The van der Waals surface area contributed by atoms with Crippen molar-refractivity contribution in [1.29, 1.82) is 0 Å². The Morgan fingerprint density at radius 3 is 2.29 bits per heavy atom. The normalized spacial score (nSPS) is 21.8. The Bertz CT molecular complexity index is 1100. The number of ether oxygens (including phenoxy) is 1. The van der Waals surface area contributed by atoms with Crippen molar-refractivity contribution < 1.29 is 24.2 Å². The van der Waals surface area contributed by atoms with E-state index in [1.54, 1.807) is 0 Å². The average Bonchev–Trinajstić information content (AvgIpc) is 3.53. The Kier molecular flexibility index (Phi) is 6.26. The van der Waals surface area contributed by atoms with Crippen molar-refractivity contribution in [1.82, 2.24) is 10.2 Å². The van der Waals surface area contributed by atoms with Crippen LogP contribution in [0.25, 0.3) is 11.1 Å². The molecule has 2 amide bonds. The molecule has 184 valence electrons. The van der Waals surface area contributed by atoms with E-state index in [-0.39, 0.29) is 24.3 Å². The van der Waals surface area contributed by atoms with Gasteiger partial charge in [-0.05, 0) is 60.3 Å². The van der Waals surface area contributed by atoms with Crippen LogP contribution in [0, 0.1) is 5.92 Å². The van der Waals surface area contributed by atoms with E-state index in [1.165, 1.54) is 4.90 Å². The monoisotopic (exact) mass is 476 g/mol. The highest BCUT2D eigenvalue weighted by atomic mass is 16.5. The molecule has 2 aliphatic carbocycles. The molecule has 1 heterocycles. The number of likely N-dealkylation sites (tertiary alicyclic amines) is 1. The van der Waals surface area contributed by atoms with Crippen LogP contribution in [0.2, 0.25) is 0 Å². The van der Waals surface area contributed by atoms with Gasteiger partial charge in [0, 0.05) is 12.5 Å². The maximum absolute atomic E-state index is 13.5.